The van der Waals surface area contributed by atoms with Crippen molar-refractivity contribution in [3.8, 4) is 15.4 Å². The van der Waals surface area contributed by atoms with Gasteiger partial charge in [0.2, 0.25) is 5.91 Å². The van der Waals surface area contributed by atoms with Crippen LogP contribution in [0.3, 0.4) is 0 Å². The normalized spacial score (nSPS) is 16.3. The average molecular weight is 402 g/mol. The number of hydrogen-bond acceptors (Lipinski definition) is 7. The lowest BCUT2D eigenvalue weighted by atomic mass is 10.1. The van der Waals surface area contributed by atoms with E-state index in [-0.39, 0.29) is 19.0 Å². The second-order valence-corrected chi connectivity index (χ2v) is 7.17. The fourth-order valence-corrected chi connectivity index (χ4v) is 3.78. The van der Waals surface area contributed by atoms with Gasteiger partial charge in [0.1, 0.15) is 23.2 Å². The van der Waals surface area contributed by atoms with E-state index < -0.39 is 18.0 Å². The first-order chi connectivity index (χ1) is 13.5. The van der Waals surface area contributed by atoms with Crippen LogP contribution >= 0.6 is 11.3 Å². The minimum atomic E-state index is -0.570. The van der Waals surface area contributed by atoms with E-state index in [0.29, 0.717) is 16.1 Å². The molecule has 28 heavy (non-hydrogen) atoms. The Balaban J connectivity index is 1.52. The molecule has 1 N–H and O–H groups in total. The first kappa shape index (κ1) is 18.0. The molecule has 0 spiro atoms. The van der Waals surface area contributed by atoms with Crippen molar-refractivity contribution in [3.05, 3.63) is 42.5 Å². The van der Waals surface area contributed by atoms with Gasteiger partial charge in [0.05, 0.1) is 18.8 Å². The van der Waals surface area contributed by atoms with E-state index in [0.717, 1.165) is 5.00 Å². The number of benzene rings is 1. The molecular weight excluding hydrogens is 387 g/mol. The number of halogens is 1. The molecule has 144 valence electrons. The highest BCUT2D eigenvalue weighted by Crippen LogP contribution is 2.34. The number of aromatic nitrogens is 4. The molecule has 0 radical (unpaired) electrons. The van der Waals surface area contributed by atoms with Gasteiger partial charge in [-0.15, -0.1) is 16.4 Å². The molecule has 0 aliphatic carbocycles. The summed E-state index contributed by atoms with van der Waals surface area (Å²) in [6.45, 7) is 1.84. The van der Waals surface area contributed by atoms with Crippen molar-refractivity contribution in [1.29, 1.82) is 0 Å². The smallest absolute Gasteiger partial charge is 0.414 e. The Hall–Kier alpha value is -3.34. The van der Waals surface area contributed by atoms with Crippen molar-refractivity contribution >= 4 is 29.0 Å². The number of carbonyl (C=O) groups is 2. The standard InChI is InChI=1S/C17H15FN6O3S/c1-10(25)19-7-12-8-23(17(26)27-12)11-2-3-13(14(18)6-11)15-4-5-16(28-15)24-9-20-21-22-24/h2-6,9,12H,7-8H2,1H3,(H,19,25). The SMILES string of the molecule is CC(=O)NCC1CN(c2ccc(-c3ccc(-n4cnnn4)s3)c(F)c2)C(=O)O1. The van der Waals surface area contributed by atoms with Gasteiger partial charge in [-0.1, -0.05) is 0 Å². The van der Waals surface area contributed by atoms with Crippen LogP contribution in [-0.2, 0) is 9.53 Å². The van der Waals surface area contributed by atoms with Crippen LogP contribution in [0.2, 0.25) is 0 Å². The molecule has 1 aliphatic heterocycles. The summed E-state index contributed by atoms with van der Waals surface area (Å²) in [5.41, 5.74) is 0.810. The number of nitrogens with zero attached hydrogens (tertiary/aromatic N) is 5. The molecule has 4 rings (SSSR count). The second kappa shape index (κ2) is 7.35. The number of hydrogen-bond donors (Lipinski definition) is 1. The molecule has 2 aromatic heterocycles. The third-order valence-corrected chi connectivity index (χ3v) is 5.26. The maximum atomic E-state index is 14.7. The van der Waals surface area contributed by atoms with Crippen LogP contribution in [0, 0.1) is 5.82 Å². The van der Waals surface area contributed by atoms with E-state index in [1.807, 2.05) is 0 Å². The van der Waals surface area contributed by atoms with Crippen molar-refractivity contribution in [2.45, 2.75) is 13.0 Å². The molecule has 0 bridgehead atoms. The van der Waals surface area contributed by atoms with E-state index in [4.69, 9.17) is 4.74 Å². The Morgan fingerprint density at radius 2 is 2.25 bits per heavy atom. The molecule has 9 nitrogen and oxygen atoms in total. The molecule has 1 fully saturated rings. The Labute approximate surface area is 162 Å². The number of anilines is 1. The van der Waals surface area contributed by atoms with Crippen molar-refractivity contribution < 1.29 is 18.7 Å². The van der Waals surface area contributed by atoms with Crippen LogP contribution in [0.15, 0.2) is 36.7 Å². The van der Waals surface area contributed by atoms with Crippen LogP contribution < -0.4 is 10.2 Å². The highest BCUT2D eigenvalue weighted by molar-refractivity contribution is 7.17. The third-order valence-electron chi connectivity index (χ3n) is 4.15. The Kier molecular flexibility index (Phi) is 4.74. The summed E-state index contributed by atoms with van der Waals surface area (Å²) in [6, 6.07) is 8.17. The number of tetrazole rings is 1. The van der Waals surface area contributed by atoms with Gasteiger partial charge in [0.15, 0.2) is 0 Å². The molecule has 0 saturated carbocycles. The van der Waals surface area contributed by atoms with Gasteiger partial charge in [0, 0.05) is 17.4 Å². The van der Waals surface area contributed by atoms with Gasteiger partial charge in [-0.2, -0.15) is 4.68 Å². The molecule has 1 aromatic carbocycles. The molecule has 2 amide bonds. The number of thiophene rings is 1. The monoisotopic (exact) mass is 402 g/mol. The lowest BCUT2D eigenvalue weighted by molar-refractivity contribution is -0.119. The molecule has 1 unspecified atom stereocenters. The highest BCUT2D eigenvalue weighted by atomic mass is 32.1. The highest BCUT2D eigenvalue weighted by Gasteiger charge is 2.32. The molecule has 3 heterocycles. The minimum absolute atomic E-state index is 0.207. The van der Waals surface area contributed by atoms with Gasteiger partial charge in [-0.3, -0.25) is 9.69 Å². The van der Waals surface area contributed by atoms with Crippen molar-refractivity contribution in [2.75, 3.05) is 18.0 Å². The predicted octanol–water partition coefficient (Wildman–Crippen LogP) is 1.99. The quantitative estimate of drug-likeness (QED) is 0.700. The van der Waals surface area contributed by atoms with Gasteiger partial charge in [0.25, 0.3) is 0 Å². The maximum Gasteiger partial charge on any atom is 0.414 e. The number of rotatable bonds is 5. The summed E-state index contributed by atoms with van der Waals surface area (Å²) in [5.74, 6) is -0.664. The largest absolute Gasteiger partial charge is 0.442 e. The number of amides is 2. The fourth-order valence-electron chi connectivity index (χ4n) is 2.83. The summed E-state index contributed by atoms with van der Waals surface area (Å²) >= 11 is 1.34. The fraction of sp³-hybridized carbons (Fsp3) is 0.235. The molecule has 11 heteroatoms. The van der Waals surface area contributed by atoms with E-state index in [9.17, 15) is 14.0 Å². The van der Waals surface area contributed by atoms with Gasteiger partial charge >= 0.3 is 6.09 Å². The average Bonchev–Trinajstić information content (AvgIpc) is 3.40. The van der Waals surface area contributed by atoms with Crippen LogP contribution in [0.5, 0.6) is 0 Å². The van der Waals surface area contributed by atoms with Crippen molar-refractivity contribution in [1.82, 2.24) is 25.5 Å². The first-order valence-corrected chi connectivity index (χ1v) is 9.18. The summed E-state index contributed by atoms with van der Waals surface area (Å²) in [5, 5.41) is 14.3. The topological polar surface area (TPSA) is 102 Å². The molecule has 3 aromatic rings. The second-order valence-electron chi connectivity index (χ2n) is 6.11. The molecule has 1 saturated heterocycles. The minimum Gasteiger partial charge on any atom is -0.442 e. The summed E-state index contributed by atoms with van der Waals surface area (Å²) < 4.78 is 21.4. The van der Waals surface area contributed by atoms with Crippen LogP contribution in [0.1, 0.15) is 6.92 Å². The van der Waals surface area contributed by atoms with Crippen molar-refractivity contribution in [2.24, 2.45) is 0 Å². The van der Waals surface area contributed by atoms with E-state index in [1.54, 1.807) is 24.3 Å². The lowest BCUT2D eigenvalue weighted by Gasteiger charge is -2.14. The van der Waals surface area contributed by atoms with E-state index in [1.165, 1.54) is 40.2 Å². The zero-order chi connectivity index (χ0) is 19.7. The number of cyclic esters (lactones) is 1. The Morgan fingerprint density at radius 1 is 1.39 bits per heavy atom. The van der Waals surface area contributed by atoms with Gasteiger partial charge in [-0.25, -0.2) is 9.18 Å². The van der Waals surface area contributed by atoms with Gasteiger partial charge in [-0.05, 0) is 40.8 Å². The number of nitrogens with one attached hydrogen (secondary N) is 1. The van der Waals surface area contributed by atoms with E-state index >= 15 is 0 Å². The van der Waals surface area contributed by atoms with Gasteiger partial charge < -0.3 is 10.1 Å². The maximum absolute atomic E-state index is 14.7. The number of ether oxygens (including phenoxy) is 1. The number of carbonyl (C=O) groups excluding carboxylic acids is 2. The summed E-state index contributed by atoms with van der Waals surface area (Å²) in [6.07, 6.45) is 0.417. The third kappa shape index (κ3) is 3.56. The molecular formula is C17H15FN6O3S. The lowest BCUT2D eigenvalue weighted by Crippen LogP contribution is -2.33. The zero-order valence-corrected chi connectivity index (χ0v) is 15.5. The zero-order valence-electron chi connectivity index (χ0n) is 14.7. The first-order valence-electron chi connectivity index (χ1n) is 8.37. The Bertz CT molecular complexity index is 1020. The summed E-state index contributed by atoms with van der Waals surface area (Å²) in [4.78, 5) is 25.1. The summed E-state index contributed by atoms with van der Waals surface area (Å²) in [7, 11) is 0. The molecule has 1 aliphatic rings. The Morgan fingerprint density at radius 3 is 2.96 bits per heavy atom. The predicted molar refractivity (Wildman–Crippen MR) is 98.7 cm³/mol. The van der Waals surface area contributed by atoms with Crippen LogP contribution in [0.4, 0.5) is 14.9 Å². The van der Waals surface area contributed by atoms with Crippen LogP contribution in [-0.4, -0.2) is 51.4 Å². The van der Waals surface area contributed by atoms with Crippen LogP contribution in [0.25, 0.3) is 15.4 Å². The van der Waals surface area contributed by atoms with Crippen molar-refractivity contribution in [3.63, 3.8) is 0 Å². The van der Waals surface area contributed by atoms with E-state index in [2.05, 4.69) is 20.8 Å². The molecule has 1 atom stereocenters.